The number of hydrogen-bond acceptors (Lipinski definition) is 4. The first-order chi connectivity index (χ1) is 8.69. The van der Waals surface area contributed by atoms with Crippen LogP contribution in [0.4, 0.5) is 4.39 Å². The monoisotopic (exact) mass is 286 g/mol. The van der Waals surface area contributed by atoms with Gasteiger partial charge in [-0.15, -0.1) is 11.3 Å². The summed E-state index contributed by atoms with van der Waals surface area (Å²) in [5, 5.41) is 2.39. The first-order valence-corrected chi connectivity index (χ1v) is 6.46. The highest BCUT2D eigenvalue weighted by Gasteiger charge is 2.22. The second-order valence-corrected chi connectivity index (χ2v) is 4.95. The van der Waals surface area contributed by atoms with E-state index in [0.29, 0.717) is 10.6 Å². The normalized spacial score (nSPS) is 12.4. The predicted molar refractivity (Wildman–Crippen MR) is 71.4 cm³/mol. The number of benzene rings is 1. The lowest BCUT2D eigenvalue weighted by molar-refractivity contribution is 0.382. The molecule has 0 aliphatic rings. The Kier molecular flexibility index (Phi) is 4.19. The van der Waals surface area contributed by atoms with E-state index in [1.54, 1.807) is 24.3 Å². The zero-order chi connectivity index (χ0) is 13.1. The molecular formula is C12H12ClFN2OS. The van der Waals surface area contributed by atoms with E-state index < -0.39 is 11.9 Å². The van der Waals surface area contributed by atoms with Crippen LogP contribution in [-0.2, 0) is 0 Å². The summed E-state index contributed by atoms with van der Waals surface area (Å²) in [5.41, 5.74) is 2.99. The number of rotatable bonds is 4. The molecule has 3 nitrogen and oxygen atoms in total. The Hall–Kier alpha value is -1.14. The molecule has 1 heterocycles. The largest absolute Gasteiger partial charge is 0.494 e. The average molecular weight is 287 g/mol. The van der Waals surface area contributed by atoms with Crippen LogP contribution in [-0.4, -0.2) is 7.11 Å². The minimum Gasteiger partial charge on any atom is -0.494 e. The van der Waals surface area contributed by atoms with E-state index in [0.717, 1.165) is 4.88 Å². The maximum Gasteiger partial charge on any atom is 0.170 e. The van der Waals surface area contributed by atoms with E-state index in [4.69, 9.17) is 22.2 Å². The smallest absolute Gasteiger partial charge is 0.170 e. The summed E-state index contributed by atoms with van der Waals surface area (Å²) in [4.78, 5) is 0.770. The van der Waals surface area contributed by atoms with Gasteiger partial charge in [0.15, 0.2) is 11.6 Å². The number of ether oxygens (including phenoxy) is 1. The SMILES string of the molecule is COc1cccc(C(NN)c2sccc2Cl)c1F. The molecule has 0 aliphatic carbocycles. The number of halogens is 2. The molecule has 0 bridgehead atoms. The number of hydrazine groups is 1. The van der Waals surface area contributed by atoms with Crippen molar-refractivity contribution in [2.75, 3.05) is 7.11 Å². The van der Waals surface area contributed by atoms with E-state index in [2.05, 4.69) is 5.43 Å². The van der Waals surface area contributed by atoms with Crippen LogP contribution in [0, 0.1) is 5.82 Å². The summed E-state index contributed by atoms with van der Waals surface area (Å²) in [5.74, 6) is 5.26. The van der Waals surface area contributed by atoms with Crippen molar-refractivity contribution in [1.82, 2.24) is 5.43 Å². The molecule has 0 amide bonds. The van der Waals surface area contributed by atoms with Gasteiger partial charge in [-0.05, 0) is 17.5 Å². The lowest BCUT2D eigenvalue weighted by atomic mass is 10.0. The third-order valence-electron chi connectivity index (χ3n) is 2.60. The Bertz CT molecular complexity index is 547. The van der Waals surface area contributed by atoms with Crippen molar-refractivity contribution >= 4 is 22.9 Å². The van der Waals surface area contributed by atoms with E-state index in [9.17, 15) is 4.39 Å². The van der Waals surface area contributed by atoms with Crippen molar-refractivity contribution in [3.63, 3.8) is 0 Å². The van der Waals surface area contributed by atoms with Gasteiger partial charge in [0.05, 0.1) is 18.2 Å². The van der Waals surface area contributed by atoms with Crippen LogP contribution in [0.5, 0.6) is 5.75 Å². The molecule has 0 saturated carbocycles. The van der Waals surface area contributed by atoms with Gasteiger partial charge in [-0.1, -0.05) is 23.7 Å². The van der Waals surface area contributed by atoms with E-state index in [-0.39, 0.29) is 5.75 Å². The van der Waals surface area contributed by atoms with Crippen molar-refractivity contribution in [3.8, 4) is 5.75 Å². The Morgan fingerprint density at radius 3 is 2.78 bits per heavy atom. The molecular weight excluding hydrogens is 275 g/mol. The zero-order valence-corrected chi connectivity index (χ0v) is 11.2. The fourth-order valence-electron chi connectivity index (χ4n) is 1.73. The Morgan fingerprint density at radius 2 is 2.22 bits per heavy atom. The molecule has 3 N–H and O–H groups in total. The van der Waals surface area contributed by atoms with Gasteiger partial charge < -0.3 is 4.74 Å². The number of nitrogens with one attached hydrogen (secondary N) is 1. The maximum atomic E-state index is 14.2. The lowest BCUT2D eigenvalue weighted by Crippen LogP contribution is -2.29. The lowest BCUT2D eigenvalue weighted by Gasteiger charge is -2.17. The molecule has 1 unspecified atom stereocenters. The molecule has 0 radical (unpaired) electrons. The van der Waals surface area contributed by atoms with Gasteiger partial charge in [0.2, 0.25) is 0 Å². The van der Waals surface area contributed by atoms with Gasteiger partial charge in [0, 0.05) is 10.4 Å². The summed E-state index contributed by atoms with van der Waals surface area (Å²) in [7, 11) is 1.42. The van der Waals surface area contributed by atoms with Gasteiger partial charge >= 0.3 is 0 Å². The molecule has 1 aromatic carbocycles. The highest BCUT2D eigenvalue weighted by molar-refractivity contribution is 7.10. The van der Waals surface area contributed by atoms with E-state index in [1.807, 2.05) is 5.38 Å². The second-order valence-electron chi connectivity index (χ2n) is 3.60. The first-order valence-electron chi connectivity index (χ1n) is 5.20. The maximum absolute atomic E-state index is 14.2. The van der Waals surface area contributed by atoms with Gasteiger partial charge in [-0.2, -0.15) is 0 Å². The summed E-state index contributed by atoms with van der Waals surface area (Å²) >= 11 is 7.47. The van der Waals surface area contributed by atoms with Crippen LogP contribution in [0.15, 0.2) is 29.6 Å². The van der Waals surface area contributed by atoms with Gasteiger partial charge in [0.25, 0.3) is 0 Å². The number of hydrogen-bond donors (Lipinski definition) is 2. The highest BCUT2D eigenvalue weighted by Crippen LogP contribution is 2.35. The zero-order valence-electron chi connectivity index (χ0n) is 9.61. The third kappa shape index (κ3) is 2.35. The molecule has 2 rings (SSSR count). The first kappa shape index (κ1) is 13.3. The Balaban J connectivity index is 2.49. The highest BCUT2D eigenvalue weighted by atomic mass is 35.5. The van der Waals surface area contributed by atoms with Gasteiger partial charge in [-0.25, -0.2) is 9.82 Å². The third-order valence-corrected chi connectivity index (χ3v) is 4.02. The molecule has 0 saturated heterocycles. The second kappa shape index (κ2) is 5.67. The van der Waals surface area contributed by atoms with Crippen LogP contribution in [0.1, 0.15) is 16.5 Å². The van der Waals surface area contributed by atoms with E-state index >= 15 is 0 Å². The van der Waals surface area contributed by atoms with Crippen molar-refractivity contribution < 1.29 is 9.13 Å². The number of methoxy groups -OCH3 is 1. The average Bonchev–Trinajstić information content (AvgIpc) is 2.79. The summed E-state index contributed by atoms with van der Waals surface area (Å²) in [6, 6.07) is 6.18. The number of thiophene rings is 1. The summed E-state index contributed by atoms with van der Waals surface area (Å²) < 4.78 is 19.1. The Morgan fingerprint density at radius 1 is 1.44 bits per heavy atom. The predicted octanol–water partition coefficient (Wildman–Crippen LogP) is 3.10. The van der Waals surface area contributed by atoms with Crippen molar-refractivity contribution in [3.05, 3.63) is 50.9 Å². The van der Waals surface area contributed by atoms with Crippen LogP contribution in [0.25, 0.3) is 0 Å². The molecule has 6 heteroatoms. The molecule has 1 atom stereocenters. The van der Waals surface area contributed by atoms with Gasteiger partial charge in [0.1, 0.15) is 0 Å². The summed E-state index contributed by atoms with van der Waals surface area (Å²) in [6.07, 6.45) is 0. The topological polar surface area (TPSA) is 47.3 Å². The molecule has 0 spiro atoms. The molecule has 18 heavy (non-hydrogen) atoms. The fraction of sp³-hybridized carbons (Fsp3) is 0.167. The van der Waals surface area contributed by atoms with Crippen LogP contribution in [0.2, 0.25) is 5.02 Å². The minimum atomic E-state index is -0.493. The van der Waals surface area contributed by atoms with E-state index in [1.165, 1.54) is 18.4 Å². The minimum absolute atomic E-state index is 0.181. The van der Waals surface area contributed by atoms with Crippen molar-refractivity contribution in [2.45, 2.75) is 6.04 Å². The van der Waals surface area contributed by atoms with Crippen LogP contribution in [0.3, 0.4) is 0 Å². The van der Waals surface area contributed by atoms with Crippen molar-refractivity contribution in [2.24, 2.45) is 5.84 Å². The quantitative estimate of drug-likeness (QED) is 0.671. The van der Waals surface area contributed by atoms with Gasteiger partial charge in [-0.3, -0.25) is 5.84 Å². The van der Waals surface area contributed by atoms with Crippen LogP contribution < -0.4 is 16.0 Å². The number of nitrogens with two attached hydrogens (primary N) is 1. The fourth-order valence-corrected chi connectivity index (χ4v) is 2.97. The molecule has 0 fully saturated rings. The summed E-state index contributed by atoms with van der Waals surface area (Å²) in [6.45, 7) is 0. The Labute approximate surface area is 113 Å². The standard InChI is InChI=1S/C12H12ClFN2OS/c1-17-9-4-2-3-7(10(9)14)11(16-15)12-8(13)5-6-18-12/h2-6,11,16H,15H2,1H3. The molecule has 0 aliphatic heterocycles. The molecule has 2 aromatic rings. The molecule has 1 aromatic heterocycles. The van der Waals surface area contributed by atoms with Crippen molar-refractivity contribution in [1.29, 1.82) is 0 Å². The van der Waals surface area contributed by atoms with Crippen LogP contribution >= 0.6 is 22.9 Å². The molecule has 96 valence electrons.